The van der Waals surface area contributed by atoms with E-state index >= 15 is 0 Å². The minimum Gasteiger partial charge on any atom is -0.406 e. The van der Waals surface area contributed by atoms with Gasteiger partial charge in [0, 0.05) is 11.7 Å². The van der Waals surface area contributed by atoms with Gasteiger partial charge >= 0.3 is 6.36 Å². The van der Waals surface area contributed by atoms with Crippen molar-refractivity contribution in [1.82, 2.24) is 9.55 Å². The van der Waals surface area contributed by atoms with Gasteiger partial charge < -0.3 is 14.6 Å². The highest BCUT2D eigenvalue weighted by molar-refractivity contribution is 5.85. The Balaban J connectivity index is 1.81. The summed E-state index contributed by atoms with van der Waals surface area (Å²) in [6.07, 6.45) is 0.511. The summed E-state index contributed by atoms with van der Waals surface area (Å²) in [6.45, 7) is 13.5. The first-order chi connectivity index (χ1) is 16.4. The first-order valence-corrected chi connectivity index (χ1v) is 12.6. The summed E-state index contributed by atoms with van der Waals surface area (Å²) >= 11 is 0. The van der Waals surface area contributed by atoms with E-state index < -0.39 is 6.36 Å². The van der Waals surface area contributed by atoms with E-state index in [1.807, 2.05) is 0 Å². The fourth-order valence-corrected chi connectivity index (χ4v) is 6.12. The molecule has 1 N–H and O–H groups in total. The van der Waals surface area contributed by atoms with Crippen LogP contribution in [0.25, 0.3) is 11.0 Å². The third-order valence-electron chi connectivity index (χ3n) is 7.26. The molecule has 0 amide bonds. The molecule has 0 spiro atoms. The van der Waals surface area contributed by atoms with Gasteiger partial charge in [-0.1, -0.05) is 34.6 Å². The van der Waals surface area contributed by atoms with Gasteiger partial charge in [0.05, 0.1) is 11.0 Å². The van der Waals surface area contributed by atoms with E-state index in [9.17, 15) is 13.2 Å². The third kappa shape index (κ3) is 5.44. The van der Waals surface area contributed by atoms with E-state index in [-0.39, 0.29) is 17.2 Å². The molecule has 0 bridgehead atoms. The monoisotopic (exact) mass is 487 g/mol. The fourth-order valence-electron chi connectivity index (χ4n) is 6.12. The molecule has 0 saturated heterocycles. The molecule has 0 radical (unpaired) electrons. The number of alkyl halides is 3. The minimum atomic E-state index is -4.71. The minimum absolute atomic E-state index is 0.221. The number of benzene rings is 2. The molecule has 1 aromatic heterocycles. The Morgan fingerprint density at radius 1 is 1.11 bits per heavy atom. The Morgan fingerprint density at radius 3 is 2.37 bits per heavy atom. The second-order valence-corrected chi connectivity index (χ2v) is 10.8. The van der Waals surface area contributed by atoms with Crippen LogP contribution in [-0.4, -0.2) is 15.9 Å². The largest absolute Gasteiger partial charge is 0.573 e. The van der Waals surface area contributed by atoms with Gasteiger partial charge in [0.25, 0.3) is 0 Å². The van der Waals surface area contributed by atoms with Gasteiger partial charge in [0.1, 0.15) is 5.75 Å². The maximum absolute atomic E-state index is 12.6. The second-order valence-electron chi connectivity index (χ2n) is 10.8. The smallest absolute Gasteiger partial charge is 0.406 e. The summed E-state index contributed by atoms with van der Waals surface area (Å²) in [6, 6.07) is 8.42. The number of aromatic nitrogens is 2. The summed E-state index contributed by atoms with van der Waals surface area (Å²) in [5, 5.41) is 3.41. The lowest BCUT2D eigenvalue weighted by Gasteiger charge is -2.40. The summed E-state index contributed by atoms with van der Waals surface area (Å²) in [5.41, 5.74) is 6.92. The average molecular weight is 488 g/mol. The molecule has 4 rings (SSSR count). The van der Waals surface area contributed by atoms with Crippen LogP contribution < -0.4 is 10.1 Å². The van der Waals surface area contributed by atoms with E-state index in [0.29, 0.717) is 11.6 Å². The molecular weight excluding hydrogens is 451 g/mol. The molecule has 1 aliphatic carbocycles. The van der Waals surface area contributed by atoms with Crippen molar-refractivity contribution in [2.24, 2.45) is 11.3 Å². The van der Waals surface area contributed by atoms with Gasteiger partial charge in [0.15, 0.2) is 0 Å². The van der Waals surface area contributed by atoms with Gasteiger partial charge in [-0.2, -0.15) is 0 Å². The van der Waals surface area contributed by atoms with Gasteiger partial charge in [-0.25, -0.2) is 4.98 Å². The van der Waals surface area contributed by atoms with Crippen LogP contribution in [-0.2, 0) is 12.8 Å². The highest BCUT2D eigenvalue weighted by Crippen LogP contribution is 2.46. The summed E-state index contributed by atoms with van der Waals surface area (Å²) < 4.78 is 44.1. The number of rotatable bonds is 6. The van der Waals surface area contributed by atoms with Crippen LogP contribution in [0.2, 0.25) is 0 Å². The normalized spacial score (nSPS) is 20.3. The summed E-state index contributed by atoms with van der Waals surface area (Å²) in [7, 11) is 0. The molecule has 1 aliphatic rings. The number of anilines is 2. The van der Waals surface area contributed by atoms with Crippen LogP contribution in [0.4, 0.5) is 24.8 Å². The maximum Gasteiger partial charge on any atom is 0.573 e. The van der Waals surface area contributed by atoms with Crippen molar-refractivity contribution in [3.8, 4) is 5.75 Å². The van der Waals surface area contributed by atoms with Crippen molar-refractivity contribution in [2.45, 2.75) is 86.1 Å². The van der Waals surface area contributed by atoms with Crippen LogP contribution in [0.15, 0.2) is 30.3 Å². The van der Waals surface area contributed by atoms with Crippen LogP contribution >= 0.6 is 0 Å². The van der Waals surface area contributed by atoms with Crippen molar-refractivity contribution in [3.05, 3.63) is 47.0 Å². The lowest BCUT2D eigenvalue weighted by Crippen LogP contribution is -2.29. The van der Waals surface area contributed by atoms with Gasteiger partial charge in [-0.05, 0) is 97.4 Å². The van der Waals surface area contributed by atoms with E-state index in [0.717, 1.165) is 42.7 Å². The predicted molar refractivity (Wildman–Crippen MR) is 135 cm³/mol. The number of nitrogens with one attached hydrogen (secondary N) is 1. The van der Waals surface area contributed by atoms with E-state index in [1.54, 1.807) is 12.1 Å². The Bertz CT molecular complexity index is 1200. The first kappa shape index (κ1) is 25.4. The number of hydrogen-bond acceptors (Lipinski definition) is 3. The molecule has 2 aromatic carbocycles. The molecule has 1 saturated carbocycles. The average Bonchev–Trinajstić information content (AvgIpc) is 3.10. The van der Waals surface area contributed by atoms with Crippen LogP contribution in [0.3, 0.4) is 0 Å². The lowest BCUT2D eigenvalue weighted by molar-refractivity contribution is -0.274. The number of ether oxygens (including phenoxy) is 1. The first-order valence-electron chi connectivity index (χ1n) is 12.6. The second kappa shape index (κ2) is 9.40. The zero-order valence-corrected chi connectivity index (χ0v) is 21.5. The molecule has 7 heteroatoms. The highest BCUT2D eigenvalue weighted by Gasteiger charge is 2.35. The van der Waals surface area contributed by atoms with E-state index in [4.69, 9.17) is 4.98 Å². The summed E-state index contributed by atoms with van der Waals surface area (Å²) in [5.74, 6) is 1.09. The van der Waals surface area contributed by atoms with E-state index in [2.05, 4.69) is 62.2 Å². The lowest BCUT2D eigenvalue weighted by atomic mass is 9.70. The van der Waals surface area contributed by atoms with Crippen molar-refractivity contribution in [1.29, 1.82) is 0 Å². The number of halogens is 3. The molecule has 4 nitrogen and oxygen atoms in total. The Labute approximate surface area is 205 Å². The van der Waals surface area contributed by atoms with E-state index in [1.165, 1.54) is 35.2 Å². The molecule has 3 aromatic rings. The number of aryl methyl sites for hydroxylation is 2. The van der Waals surface area contributed by atoms with Crippen LogP contribution in [0, 0.1) is 18.3 Å². The Kier molecular flexibility index (Phi) is 6.82. The Morgan fingerprint density at radius 2 is 1.80 bits per heavy atom. The number of nitrogens with zero attached hydrogens (tertiary/aromatic N) is 2. The molecule has 0 aliphatic heterocycles. The van der Waals surface area contributed by atoms with Crippen molar-refractivity contribution < 1.29 is 17.9 Å². The molecule has 1 heterocycles. The molecule has 1 fully saturated rings. The molecular formula is C28H36F3N3O. The highest BCUT2D eigenvalue weighted by atomic mass is 19.4. The van der Waals surface area contributed by atoms with Crippen LogP contribution in [0.5, 0.6) is 5.75 Å². The quantitative estimate of drug-likeness (QED) is 0.379. The third-order valence-corrected chi connectivity index (χ3v) is 7.26. The molecule has 190 valence electrons. The topological polar surface area (TPSA) is 39.1 Å². The van der Waals surface area contributed by atoms with Crippen molar-refractivity contribution in [2.75, 3.05) is 5.32 Å². The predicted octanol–water partition coefficient (Wildman–Crippen LogP) is 8.50. The number of hydrogen-bond donors (Lipinski definition) is 1. The van der Waals surface area contributed by atoms with Crippen molar-refractivity contribution >= 4 is 22.7 Å². The number of fused-ring (bicyclic) bond motifs is 1. The molecule has 2 atom stereocenters. The Hall–Kier alpha value is -2.70. The zero-order chi connectivity index (χ0) is 25.5. The molecule has 35 heavy (non-hydrogen) atoms. The fraction of sp³-hybridized carbons (Fsp3) is 0.536. The SMILES string of the molecule is CCc1cc2c(nc(Nc3ccc(OC(F)(F)F)cc3)n2C2CC(C)CC(C)(C)C2)c(C)c1CC. The maximum atomic E-state index is 12.6. The van der Waals surface area contributed by atoms with Crippen molar-refractivity contribution in [3.63, 3.8) is 0 Å². The van der Waals surface area contributed by atoms with Gasteiger partial charge in [-0.15, -0.1) is 13.2 Å². The zero-order valence-electron chi connectivity index (χ0n) is 21.5. The molecule has 2 unspecified atom stereocenters. The van der Waals surface area contributed by atoms with Crippen LogP contribution in [0.1, 0.15) is 76.6 Å². The van der Waals surface area contributed by atoms with Gasteiger partial charge in [-0.3, -0.25) is 0 Å². The standard InChI is InChI=1S/C28H36F3N3O/c1-7-19-14-24-25(18(4)23(19)8-2)33-26(34(24)21-13-17(3)15-27(5,6)16-21)32-20-9-11-22(12-10-20)35-28(29,30)31/h9-12,14,17,21H,7-8,13,15-16H2,1-6H3,(H,32,33). The van der Waals surface area contributed by atoms with Gasteiger partial charge in [0.2, 0.25) is 5.95 Å². The number of imidazole rings is 1. The summed E-state index contributed by atoms with van der Waals surface area (Å²) in [4.78, 5) is 5.06.